The van der Waals surface area contributed by atoms with Gasteiger partial charge in [-0.1, -0.05) is 23.9 Å². The molecule has 40 heavy (non-hydrogen) atoms. The number of hydrogen-bond acceptors (Lipinski definition) is 7. The van der Waals surface area contributed by atoms with Crippen LogP contribution in [-0.4, -0.2) is 53.5 Å². The Labute approximate surface area is 239 Å². The number of rotatable bonds is 10. The third kappa shape index (κ3) is 8.09. The number of nitrogens with one attached hydrogen (secondary N) is 1. The Morgan fingerprint density at radius 2 is 1.57 bits per heavy atom. The lowest BCUT2D eigenvalue weighted by molar-refractivity contribution is -0.129. The summed E-state index contributed by atoms with van der Waals surface area (Å²) < 4.78 is 40.4. The fraction of sp³-hybridized carbons (Fsp3) is 0.250. The van der Waals surface area contributed by atoms with Gasteiger partial charge in [0.1, 0.15) is 22.5 Å². The molecule has 1 heterocycles. The summed E-state index contributed by atoms with van der Waals surface area (Å²) in [6.45, 7) is 0.369. The average molecular weight is 590 g/mol. The van der Waals surface area contributed by atoms with Crippen LogP contribution in [0.25, 0.3) is 0 Å². The molecule has 0 unspecified atom stereocenters. The minimum atomic E-state index is -3.84. The molecule has 12 heteroatoms. The molecule has 0 radical (unpaired) electrons. The number of carbonyl (C=O) groups is 2. The van der Waals surface area contributed by atoms with Crippen molar-refractivity contribution in [2.24, 2.45) is 4.99 Å². The molecular formula is C28H26ClF2N3O5S. The van der Waals surface area contributed by atoms with Crippen molar-refractivity contribution in [1.29, 1.82) is 0 Å². The second-order valence-corrected chi connectivity index (χ2v) is 10.2. The summed E-state index contributed by atoms with van der Waals surface area (Å²) in [4.78, 5) is 32.6. The van der Waals surface area contributed by atoms with E-state index in [-0.39, 0.29) is 18.1 Å². The Morgan fingerprint density at radius 1 is 1.00 bits per heavy atom. The molecule has 3 aromatic carbocycles. The Kier molecular flexibility index (Phi) is 9.49. The van der Waals surface area contributed by atoms with Gasteiger partial charge in [-0.25, -0.2) is 4.99 Å². The van der Waals surface area contributed by atoms with Crippen molar-refractivity contribution in [2.45, 2.75) is 23.7 Å². The van der Waals surface area contributed by atoms with Crippen LogP contribution in [-0.2, 0) is 16.0 Å². The number of nitrogens with zero attached hydrogens (tertiary/aromatic N) is 2. The molecule has 1 N–H and O–H groups in total. The standard InChI is InChI=1S/C28H26ClF2N3O5S/c1-37-21-9-3-18(4-10-21)15-16-34-25(35)17-24(40-27(34)33-20-5-11-22(38-2)12-6-20)26(36)32-19-7-13-23(14-8-19)39-28(29,30)31/h3-14,24H,15-17H2,1-2H3,(H,32,36)/t24-/m1/s1. The number of methoxy groups -OCH3 is 2. The van der Waals surface area contributed by atoms with Crippen molar-refractivity contribution in [3.8, 4) is 17.2 Å². The topological polar surface area (TPSA) is 89.5 Å². The molecule has 0 bridgehead atoms. The minimum Gasteiger partial charge on any atom is -0.497 e. The Morgan fingerprint density at radius 3 is 2.15 bits per heavy atom. The highest BCUT2D eigenvalue weighted by Crippen LogP contribution is 2.31. The number of amidine groups is 1. The zero-order valence-corrected chi connectivity index (χ0v) is 23.2. The molecule has 1 aliphatic rings. The summed E-state index contributed by atoms with van der Waals surface area (Å²) in [5.41, 5.74) is -1.89. The molecule has 4 rings (SSSR count). The second kappa shape index (κ2) is 13.0. The lowest BCUT2D eigenvalue weighted by atomic mass is 10.1. The van der Waals surface area contributed by atoms with Crippen molar-refractivity contribution < 1.29 is 32.6 Å². The Hall–Kier alpha value is -3.83. The molecule has 3 aromatic rings. The molecule has 2 amide bonds. The zero-order valence-electron chi connectivity index (χ0n) is 21.6. The van der Waals surface area contributed by atoms with Crippen LogP contribution in [0.15, 0.2) is 77.8 Å². The van der Waals surface area contributed by atoms with Gasteiger partial charge in [-0.15, -0.1) is 8.78 Å². The van der Waals surface area contributed by atoms with Crippen LogP contribution in [0.4, 0.5) is 20.2 Å². The molecule has 1 saturated heterocycles. The van der Waals surface area contributed by atoms with Crippen LogP contribution in [0.1, 0.15) is 12.0 Å². The van der Waals surface area contributed by atoms with E-state index < -0.39 is 16.7 Å². The SMILES string of the molecule is COc1ccc(CCN2C(=O)C[C@H](C(=O)Nc3ccc(OC(F)(F)Cl)cc3)SC2=Nc2ccc(OC)cc2)cc1. The highest BCUT2D eigenvalue weighted by atomic mass is 35.5. The summed E-state index contributed by atoms with van der Waals surface area (Å²) in [5, 5.41) is 2.35. The number of ether oxygens (including phenoxy) is 3. The normalized spacial score (nSPS) is 16.5. The number of carbonyl (C=O) groups excluding carboxylic acids is 2. The van der Waals surface area contributed by atoms with Crippen LogP contribution < -0.4 is 19.5 Å². The smallest absolute Gasteiger partial charge is 0.487 e. The van der Waals surface area contributed by atoms with E-state index in [2.05, 4.69) is 15.0 Å². The van der Waals surface area contributed by atoms with Gasteiger partial charge in [0.15, 0.2) is 5.17 Å². The average Bonchev–Trinajstić information content (AvgIpc) is 2.93. The van der Waals surface area contributed by atoms with E-state index in [4.69, 9.17) is 21.1 Å². The van der Waals surface area contributed by atoms with Crippen LogP contribution in [0.2, 0.25) is 0 Å². The molecule has 0 saturated carbocycles. The number of thioether (sulfide) groups is 1. The van der Waals surface area contributed by atoms with Gasteiger partial charge in [-0.3, -0.25) is 14.5 Å². The van der Waals surface area contributed by atoms with Crippen molar-refractivity contribution in [3.63, 3.8) is 0 Å². The Balaban J connectivity index is 1.50. The lowest BCUT2D eigenvalue weighted by Crippen LogP contribution is -2.46. The highest BCUT2D eigenvalue weighted by molar-refractivity contribution is 8.15. The van der Waals surface area contributed by atoms with Gasteiger partial charge in [-0.05, 0) is 72.6 Å². The van der Waals surface area contributed by atoms with Crippen LogP contribution >= 0.6 is 23.4 Å². The molecule has 8 nitrogen and oxygen atoms in total. The summed E-state index contributed by atoms with van der Waals surface area (Å²) in [6.07, 6.45) is 0.533. The van der Waals surface area contributed by atoms with E-state index >= 15 is 0 Å². The molecule has 0 aliphatic carbocycles. The zero-order chi connectivity index (χ0) is 28.7. The fourth-order valence-electron chi connectivity index (χ4n) is 3.82. The number of anilines is 1. The molecule has 1 fully saturated rings. The summed E-state index contributed by atoms with van der Waals surface area (Å²) in [7, 11) is 3.16. The van der Waals surface area contributed by atoms with E-state index in [1.807, 2.05) is 24.3 Å². The van der Waals surface area contributed by atoms with Gasteiger partial charge in [0.2, 0.25) is 11.8 Å². The monoisotopic (exact) mass is 589 g/mol. The maximum Gasteiger partial charge on any atom is 0.487 e. The first-order chi connectivity index (χ1) is 19.1. The molecular weight excluding hydrogens is 564 g/mol. The third-order valence-electron chi connectivity index (χ3n) is 5.87. The first-order valence-corrected chi connectivity index (χ1v) is 13.4. The van der Waals surface area contributed by atoms with Gasteiger partial charge < -0.3 is 19.5 Å². The molecule has 1 aliphatic heterocycles. The number of amides is 2. The fourth-order valence-corrected chi connectivity index (χ4v) is 5.04. The van der Waals surface area contributed by atoms with E-state index in [1.54, 1.807) is 43.4 Å². The van der Waals surface area contributed by atoms with Gasteiger partial charge in [0.25, 0.3) is 0 Å². The number of alkyl halides is 3. The van der Waals surface area contributed by atoms with Gasteiger partial charge in [0, 0.05) is 30.3 Å². The summed E-state index contributed by atoms with van der Waals surface area (Å²) in [5.74, 6) is 0.570. The van der Waals surface area contributed by atoms with Gasteiger partial charge in [-0.2, -0.15) is 0 Å². The van der Waals surface area contributed by atoms with Crippen molar-refractivity contribution in [1.82, 2.24) is 4.90 Å². The van der Waals surface area contributed by atoms with Crippen LogP contribution in [0.3, 0.4) is 0 Å². The third-order valence-corrected chi connectivity index (χ3v) is 7.13. The van der Waals surface area contributed by atoms with E-state index in [0.717, 1.165) is 11.3 Å². The molecule has 0 aromatic heterocycles. The number of hydrogen-bond donors (Lipinski definition) is 1. The first-order valence-electron chi connectivity index (χ1n) is 12.1. The minimum absolute atomic E-state index is 0.0413. The van der Waals surface area contributed by atoms with Gasteiger partial charge in [0.05, 0.1) is 19.9 Å². The van der Waals surface area contributed by atoms with Crippen molar-refractivity contribution >= 4 is 51.7 Å². The lowest BCUT2D eigenvalue weighted by Gasteiger charge is -2.32. The van der Waals surface area contributed by atoms with E-state index in [9.17, 15) is 18.4 Å². The van der Waals surface area contributed by atoms with Crippen LogP contribution in [0, 0.1) is 0 Å². The van der Waals surface area contributed by atoms with Crippen molar-refractivity contribution in [3.05, 3.63) is 78.4 Å². The summed E-state index contributed by atoms with van der Waals surface area (Å²) in [6, 6.07) is 19.9. The maximum atomic E-state index is 13.3. The second-order valence-electron chi connectivity index (χ2n) is 8.61. The quantitative estimate of drug-likeness (QED) is 0.289. The van der Waals surface area contributed by atoms with E-state index in [1.165, 1.54) is 36.0 Å². The highest BCUT2D eigenvalue weighted by Gasteiger charge is 2.36. The predicted molar refractivity (Wildman–Crippen MR) is 151 cm³/mol. The predicted octanol–water partition coefficient (Wildman–Crippen LogP) is 6.07. The first kappa shape index (κ1) is 29.2. The van der Waals surface area contributed by atoms with Gasteiger partial charge >= 0.3 is 5.57 Å². The summed E-state index contributed by atoms with van der Waals surface area (Å²) >= 11 is 5.97. The van der Waals surface area contributed by atoms with Crippen LogP contribution in [0.5, 0.6) is 17.2 Å². The molecule has 210 valence electrons. The largest absolute Gasteiger partial charge is 0.497 e. The maximum absolute atomic E-state index is 13.3. The van der Waals surface area contributed by atoms with E-state index in [0.29, 0.717) is 35.3 Å². The van der Waals surface area contributed by atoms with Crippen molar-refractivity contribution in [2.75, 3.05) is 26.1 Å². The number of aliphatic imine (C=N–C) groups is 1. The number of benzene rings is 3. The Bertz CT molecular complexity index is 1350. The number of halogens is 3. The molecule has 1 atom stereocenters. The molecule has 0 spiro atoms.